The first-order valence-electron chi connectivity index (χ1n) is 16.6. The van der Waals surface area contributed by atoms with Gasteiger partial charge in [0.05, 0.1) is 22.8 Å². The molecule has 1 atom stereocenters. The highest BCUT2D eigenvalue weighted by Gasteiger charge is 2.24. The number of aliphatic imine (C=N–C) groups is 1. The van der Waals surface area contributed by atoms with Crippen molar-refractivity contribution < 1.29 is 4.42 Å². The average molecular weight is 618 g/mol. The molecule has 2 aromatic heterocycles. The third-order valence-electron chi connectivity index (χ3n) is 9.94. The van der Waals surface area contributed by atoms with E-state index in [4.69, 9.17) is 9.41 Å². The number of nitrogens with one attached hydrogen (secondary N) is 1. The summed E-state index contributed by atoms with van der Waals surface area (Å²) < 4.78 is 8.85. The first-order valence-corrected chi connectivity index (χ1v) is 16.6. The van der Waals surface area contributed by atoms with Crippen molar-refractivity contribution in [1.29, 1.82) is 0 Å². The fraction of sp³-hybridized carbons (Fsp3) is 0.0682. The van der Waals surface area contributed by atoms with Crippen LogP contribution in [0.25, 0.3) is 50.1 Å². The fourth-order valence-corrected chi connectivity index (χ4v) is 7.73. The molecule has 3 heterocycles. The van der Waals surface area contributed by atoms with Crippen LogP contribution in [0.5, 0.6) is 0 Å². The van der Waals surface area contributed by atoms with Crippen molar-refractivity contribution in [2.45, 2.75) is 18.9 Å². The molecule has 4 nitrogen and oxygen atoms in total. The van der Waals surface area contributed by atoms with Gasteiger partial charge in [0.2, 0.25) is 0 Å². The molecule has 0 saturated heterocycles. The molecule has 0 amide bonds. The second-order valence-corrected chi connectivity index (χ2v) is 12.7. The number of furan rings is 1. The van der Waals surface area contributed by atoms with Gasteiger partial charge in [0.25, 0.3) is 0 Å². The molecule has 1 N–H and O–H groups in total. The van der Waals surface area contributed by atoms with Crippen molar-refractivity contribution in [3.05, 3.63) is 178 Å². The number of hydrogen-bond donors (Lipinski definition) is 1. The summed E-state index contributed by atoms with van der Waals surface area (Å²) in [5, 5.41) is 8.66. The van der Waals surface area contributed by atoms with Crippen LogP contribution in [0.3, 0.4) is 0 Å². The van der Waals surface area contributed by atoms with Crippen LogP contribution in [0.1, 0.15) is 41.1 Å². The van der Waals surface area contributed by atoms with E-state index in [0.29, 0.717) is 0 Å². The second kappa shape index (κ2) is 10.7. The Morgan fingerprint density at radius 1 is 0.646 bits per heavy atom. The Kier molecular flexibility index (Phi) is 6.03. The minimum absolute atomic E-state index is 0.0207. The topological polar surface area (TPSA) is 42.5 Å². The van der Waals surface area contributed by atoms with Crippen LogP contribution in [-0.2, 0) is 0 Å². The SMILES string of the molecule is C1=c2c(oc3ccccc23)=C(c2ccc3c(c2)c2ccccc2n3-c2cccc(C3=Nc4ccccc4C(c4ccccc4)N3)c2)CC1. The molecule has 228 valence electrons. The molecule has 4 heteroatoms. The van der Waals surface area contributed by atoms with Crippen LogP contribution in [0.4, 0.5) is 5.69 Å². The van der Waals surface area contributed by atoms with Crippen LogP contribution in [0.15, 0.2) is 155 Å². The zero-order chi connectivity index (χ0) is 31.6. The molecule has 6 aromatic carbocycles. The van der Waals surface area contributed by atoms with Crippen molar-refractivity contribution >= 4 is 55.9 Å². The molecule has 0 radical (unpaired) electrons. The fourth-order valence-electron chi connectivity index (χ4n) is 7.73. The van der Waals surface area contributed by atoms with Crippen LogP contribution in [0, 0.1) is 0 Å². The van der Waals surface area contributed by atoms with E-state index in [2.05, 4.69) is 155 Å². The predicted octanol–water partition coefficient (Wildman–Crippen LogP) is 9.07. The summed E-state index contributed by atoms with van der Waals surface area (Å²) in [7, 11) is 0. The quantitative estimate of drug-likeness (QED) is 0.214. The van der Waals surface area contributed by atoms with E-state index in [0.717, 1.165) is 46.6 Å². The van der Waals surface area contributed by atoms with Gasteiger partial charge in [-0.2, -0.15) is 0 Å². The number of nitrogens with zero attached hydrogens (tertiary/aromatic N) is 2. The van der Waals surface area contributed by atoms with Gasteiger partial charge in [0.15, 0.2) is 0 Å². The van der Waals surface area contributed by atoms with Crippen molar-refractivity contribution in [3.63, 3.8) is 0 Å². The molecule has 0 bridgehead atoms. The number of rotatable bonds is 4. The highest BCUT2D eigenvalue weighted by atomic mass is 16.3. The van der Waals surface area contributed by atoms with Crippen LogP contribution in [0.2, 0.25) is 0 Å². The van der Waals surface area contributed by atoms with Gasteiger partial charge in [-0.1, -0.05) is 109 Å². The minimum atomic E-state index is 0.0207. The van der Waals surface area contributed by atoms with Crippen molar-refractivity contribution in [2.24, 2.45) is 4.99 Å². The number of para-hydroxylation sites is 3. The summed E-state index contributed by atoms with van der Waals surface area (Å²) in [6, 6.07) is 51.8. The van der Waals surface area contributed by atoms with Gasteiger partial charge in [-0.15, -0.1) is 0 Å². The van der Waals surface area contributed by atoms with Crippen molar-refractivity contribution in [1.82, 2.24) is 9.88 Å². The second-order valence-electron chi connectivity index (χ2n) is 12.7. The molecule has 10 rings (SSSR count). The smallest absolute Gasteiger partial charge is 0.138 e. The highest BCUT2D eigenvalue weighted by Crippen LogP contribution is 2.37. The summed E-state index contributed by atoms with van der Waals surface area (Å²) in [4.78, 5) is 5.12. The maximum absolute atomic E-state index is 6.47. The molecule has 0 fully saturated rings. The number of aromatic nitrogens is 1. The van der Waals surface area contributed by atoms with Crippen LogP contribution >= 0.6 is 0 Å². The number of benzene rings is 6. The molecule has 0 saturated carbocycles. The van der Waals surface area contributed by atoms with E-state index in [1.54, 1.807) is 0 Å². The standard InChI is InChI=1S/C44H31N3O/c1-2-12-28(13-3-1)42-36-18-4-7-21-38(36)45-44(46-42)30-14-10-15-31(26-30)47-39-22-8-5-16-33(39)37-27-29(24-25-40(37)47)32-19-11-20-35-34-17-6-9-23-41(34)48-43(32)35/h1-10,12-18,20-27,42H,11,19H2,(H,45,46). The summed E-state index contributed by atoms with van der Waals surface area (Å²) in [6.45, 7) is 0. The molecule has 8 aromatic rings. The number of amidine groups is 1. The summed E-state index contributed by atoms with van der Waals surface area (Å²) >= 11 is 0. The lowest BCUT2D eigenvalue weighted by atomic mass is 9.95. The Morgan fingerprint density at radius 3 is 2.38 bits per heavy atom. The maximum atomic E-state index is 6.47. The predicted molar refractivity (Wildman–Crippen MR) is 197 cm³/mol. The molecular weight excluding hydrogens is 587 g/mol. The molecule has 48 heavy (non-hydrogen) atoms. The first kappa shape index (κ1) is 27.0. The van der Waals surface area contributed by atoms with Gasteiger partial charge in [-0.3, -0.25) is 0 Å². The van der Waals surface area contributed by atoms with E-state index in [9.17, 15) is 0 Å². The van der Waals surface area contributed by atoms with E-state index in [1.165, 1.54) is 54.7 Å². The molecular formula is C44H31N3O. The Hall–Kier alpha value is -6.13. The van der Waals surface area contributed by atoms with Gasteiger partial charge < -0.3 is 14.3 Å². The van der Waals surface area contributed by atoms with Gasteiger partial charge in [-0.25, -0.2) is 4.99 Å². The number of hydrogen-bond acceptors (Lipinski definition) is 3. The molecule has 0 spiro atoms. The summed E-state index contributed by atoms with van der Waals surface area (Å²) in [5.41, 5.74) is 12.4. The molecule has 1 aliphatic heterocycles. The summed E-state index contributed by atoms with van der Waals surface area (Å²) in [5.74, 6) is 0.875. The van der Waals surface area contributed by atoms with E-state index in [-0.39, 0.29) is 6.04 Å². The van der Waals surface area contributed by atoms with Gasteiger partial charge >= 0.3 is 0 Å². The summed E-state index contributed by atoms with van der Waals surface area (Å²) in [6.07, 6.45) is 4.29. The first-order chi connectivity index (χ1) is 23.8. The zero-order valence-corrected chi connectivity index (χ0v) is 26.2. The maximum Gasteiger partial charge on any atom is 0.138 e. The van der Waals surface area contributed by atoms with Crippen molar-refractivity contribution in [2.75, 3.05) is 0 Å². The third kappa shape index (κ3) is 4.19. The molecule has 1 unspecified atom stereocenters. The van der Waals surface area contributed by atoms with Gasteiger partial charge in [0, 0.05) is 43.8 Å². The Labute approximate surface area is 277 Å². The van der Waals surface area contributed by atoms with E-state index < -0.39 is 0 Å². The lowest BCUT2D eigenvalue weighted by molar-refractivity contribution is 0.568. The molecule has 1 aliphatic carbocycles. The Morgan fingerprint density at radius 2 is 1.44 bits per heavy atom. The largest absolute Gasteiger partial charge is 0.456 e. The van der Waals surface area contributed by atoms with Gasteiger partial charge in [0.1, 0.15) is 16.8 Å². The Bertz CT molecular complexity index is 2710. The lowest BCUT2D eigenvalue weighted by Crippen LogP contribution is -2.32. The average Bonchev–Trinajstić information content (AvgIpc) is 3.70. The van der Waals surface area contributed by atoms with Gasteiger partial charge in [-0.05, 0) is 66.4 Å². The number of fused-ring (bicyclic) bond motifs is 7. The normalized spacial score (nSPS) is 15.5. The van der Waals surface area contributed by atoms with Crippen LogP contribution in [-0.4, -0.2) is 10.4 Å². The molecule has 2 aliphatic rings. The minimum Gasteiger partial charge on any atom is -0.456 e. The highest BCUT2D eigenvalue weighted by molar-refractivity contribution is 6.10. The monoisotopic (exact) mass is 617 g/mol. The Balaban J connectivity index is 1.12. The van der Waals surface area contributed by atoms with Crippen LogP contribution < -0.4 is 16.0 Å². The third-order valence-corrected chi connectivity index (χ3v) is 9.94. The van der Waals surface area contributed by atoms with Crippen molar-refractivity contribution in [3.8, 4) is 5.69 Å². The zero-order valence-electron chi connectivity index (χ0n) is 26.2. The lowest BCUT2D eigenvalue weighted by Gasteiger charge is -2.28. The van der Waals surface area contributed by atoms with E-state index in [1.807, 2.05) is 6.07 Å². The van der Waals surface area contributed by atoms with E-state index >= 15 is 0 Å².